The van der Waals surface area contributed by atoms with Crippen LogP contribution in [0.25, 0.3) is 11.0 Å². The van der Waals surface area contributed by atoms with Crippen LogP contribution < -0.4 is 4.62 Å². The van der Waals surface area contributed by atoms with Crippen LogP contribution in [0.15, 0.2) is 24.3 Å². The molecule has 50 heavy (non-hydrogen) atoms. The Morgan fingerprint density at radius 1 is 0.460 bits per heavy atom. The van der Waals surface area contributed by atoms with Crippen molar-refractivity contribution in [1.29, 1.82) is 0 Å². The number of hydrogen-bond donors (Lipinski definition) is 0. The summed E-state index contributed by atoms with van der Waals surface area (Å²) in [6.45, 7) is 0. The molecule has 0 radical (unpaired) electrons. The van der Waals surface area contributed by atoms with Gasteiger partial charge in [0.2, 0.25) is 0 Å². The summed E-state index contributed by atoms with van der Waals surface area (Å²) >= 11 is 0. The second-order valence-corrected chi connectivity index (χ2v) is 11.6. The van der Waals surface area contributed by atoms with Crippen LogP contribution in [0.1, 0.15) is 0 Å². The second-order valence-electron chi connectivity index (χ2n) is 8.06. The van der Waals surface area contributed by atoms with Crippen molar-refractivity contribution in [3.63, 3.8) is 0 Å². The third-order valence-corrected chi connectivity index (χ3v) is 6.57. The predicted octanol–water partition coefficient (Wildman–Crippen LogP) is 9.02. The SMILES string of the molecule is CN(C)[P+](On1nnc2ccccc21)(N(C)C)N(C)C.F[B-](F)(F)F.F[B-](F)(F)F.F[B-](F)(F)F.F[B-](F)(F)F.F[B-](F)(F)F.F[B-](F)(F)F. The summed E-state index contributed by atoms with van der Waals surface area (Å²) < 4.78 is 247. The van der Waals surface area contributed by atoms with Gasteiger partial charge in [0.1, 0.15) is 11.0 Å². The van der Waals surface area contributed by atoms with Crippen molar-refractivity contribution in [3.05, 3.63) is 24.3 Å². The first kappa shape index (κ1) is 56.8. The number of fused-ring (bicyclic) bond motifs is 1. The smallest absolute Gasteiger partial charge is 0.418 e. The Hall–Kier alpha value is -2.56. The van der Waals surface area contributed by atoms with E-state index in [1.54, 1.807) is 0 Å². The molecule has 0 aliphatic carbocycles. The average Bonchev–Trinajstić information content (AvgIpc) is 3.12. The van der Waals surface area contributed by atoms with Crippen molar-refractivity contribution in [1.82, 2.24) is 29.2 Å². The molecule has 0 bridgehead atoms. The van der Waals surface area contributed by atoms with E-state index in [4.69, 9.17) is 4.62 Å². The van der Waals surface area contributed by atoms with E-state index in [0.29, 0.717) is 0 Å². The average molecular weight is 818 g/mol. The minimum absolute atomic E-state index is 0.821. The van der Waals surface area contributed by atoms with Gasteiger partial charge in [-0.25, -0.2) is 0 Å². The van der Waals surface area contributed by atoms with Crippen LogP contribution in [0.3, 0.4) is 0 Å². The normalized spacial score (nSPS) is 12.3. The Bertz CT molecular complexity index is 988. The van der Waals surface area contributed by atoms with Crippen LogP contribution in [-0.4, -0.2) is 115 Å². The number of halogens is 24. The third kappa shape index (κ3) is 54.9. The largest absolute Gasteiger partial charge is 0.673 e. The van der Waals surface area contributed by atoms with E-state index in [1.807, 2.05) is 66.6 Å². The van der Waals surface area contributed by atoms with Gasteiger partial charge in [0.15, 0.2) is 0 Å². The monoisotopic (exact) mass is 819 g/mol. The second kappa shape index (κ2) is 23.1. The van der Waals surface area contributed by atoms with Crippen molar-refractivity contribution in [3.8, 4) is 0 Å². The summed E-state index contributed by atoms with van der Waals surface area (Å²) in [5.74, 6) is 0. The Labute approximate surface area is 267 Å². The maximum absolute atomic E-state index is 9.75. The molecule has 0 aliphatic rings. The van der Waals surface area contributed by atoms with Crippen molar-refractivity contribution in [2.45, 2.75) is 0 Å². The van der Waals surface area contributed by atoms with Gasteiger partial charge in [-0.15, -0.1) is 19.1 Å². The van der Waals surface area contributed by atoms with Gasteiger partial charge in [-0.05, 0) is 22.2 Å². The number of para-hydroxylation sites is 1. The molecule has 0 fully saturated rings. The Kier molecular flexibility index (Phi) is 26.2. The van der Waals surface area contributed by atoms with Crippen LogP contribution in [-0.2, 0) is 0 Å². The van der Waals surface area contributed by atoms with Gasteiger partial charge in [0.05, 0.1) is 0 Å². The summed E-state index contributed by atoms with van der Waals surface area (Å²) in [6.07, 6.45) is 0. The fourth-order valence-corrected chi connectivity index (χ4v) is 5.22. The van der Waals surface area contributed by atoms with Crippen molar-refractivity contribution < 1.29 is 108 Å². The number of hydrogen-bond acceptors (Lipinski definition) is 6. The van der Waals surface area contributed by atoms with Crippen LogP contribution >= 0.6 is 7.94 Å². The molecule has 0 saturated carbocycles. The molecule has 302 valence electrons. The van der Waals surface area contributed by atoms with E-state index in [-0.39, 0.29) is 0 Å². The van der Waals surface area contributed by atoms with Gasteiger partial charge in [0.25, 0.3) is 0 Å². The van der Waals surface area contributed by atoms with E-state index >= 15 is 0 Å². The van der Waals surface area contributed by atoms with Gasteiger partial charge >= 0.3 is 51.5 Å². The topological polar surface area (TPSA) is 49.7 Å². The Morgan fingerprint density at radius 2 is 0.680 bits per heavy atom. The summed E-state index contributed by atoms with van der Waals surface area (Å²) in [5.41, 5.74) is 1.68. The summed E-state index contributed by atoms with van der Waals surface area (Å²) in [4.78, 5) is 1.52. The van der Waals surface area contributed by atoms with Gasteiger partial charge in [-0.1, -0.05) is 12.1 Å². The molecule has 0 aliphatic heterocycles. The quantitative estimate of drug-likeness (QED) is 0.171. The highest BCUT2D eigenvalue weighted by molar-refractivity contribution is 7.64. The van der Waals surface area contributed by atoms with E-state index in [0.717, 1.165) is 11.0 Å². The predicted molar refractivity (Wildman–Crippen MR) is 143 cm³/mol. The number of benzene rings is 1. The van der Waals surface area contributed by atoms with Gasteiger partial charge in [-0.3, -0.25) is 0 Å². The van der Waals surface area contributed by atoms with Crippen LogP contribution in [0.4, 0.5) is 104 Å². The lowest BCUT2D eigenvalue weighted by molar-refractivity contribution is 0.189. The molecule has 1 heterocycles. The fraction of sp³-hybridized carbons (Fsp3) is 0.500. The highest BCUT2D eigenvalue weighted by atomic mass is 31.2. The molecule has 0 unspecified atom stereocenters. The lowest BCUT2D eigenvalue weighted by Crippen LogP contribution is -2.42. The minimum Gasteiger partial charge on any atom is -0.418 e. The molecule has 7 nitrogen and oxygen atoms in total. The summed E-state index contributed by atoms with van der Waals surface area (Å²) in [7, 11) is -26.1. The summed E-state index contributed by atoms with van der Waals surface area (Å²) in [6, 6.07) is 7.76. The molecule has 2 rings (SSSR count). The first-order chi connectivity index (χ1) is 21.4. The lowest BCUT2D eigenvalue weighted by Gasteiger charge is -2.35. The van der Waals surface area contributed by atoms with Crippen molar-refractivity contribution in [2.75, 3.05) is 42.3 Å². The highest BCUT2D eigenvalue weighted by Gasteiger charge is 2.54. The molecule has 38 heteroatoms. The number of nitrogens with zero attached hydrogens (tertiary/aromatic N) is 6. The zero-order chi connectivity index (χ0) is 41.9. The maximum Gasteiger partial charge on any atom is 0.673 e. The molecular weight excluding hydrogens is 796 g/mol. The molecule has 1 aromatic heterocycles. The first-order valence-corrected chi connectivity index (χ1v) is 13.1. The molecule has 0 saturated heterocycles. The summed E-state index contributed by atoms with van der Waals surface area (Å²) in [5, 5.41) is 8.25. The third-order valence-electron chi connectivity index (χ3n) is 3.07. The first-order valence-electron chi connectivity index (χ1n) is 11.6. The zero-order valence-corrected chi connectivity index (χ0v) is 26.3. The van der Waals surface area contributed by atoms with E-state index in [9.17, 15) is 104 Å². The molecule has 2 aromatic rings. The highest BCUT2D eigenvalue weighted by Crippen LogP contribution is 2.61. The van der Waals surface area contributed by atoms with Crippen LogP contribution in [0.2, 0.25) is 0 Å². The van der Waals surface area contributed by atoms with E-state index in [1.165, 1.54) is 4.85 Å². The molecular formula is C12H22B6F24N6OP-5. The van der Waals surface area contributed by atoms with Crippen molar-refractivity contribution in [2.24, 2.45) is 0 Å². The van der Waals surface area contributed by atoms with E-state index in [2.05, 4.69) is 24.3 Å². The van der Waals surface area contributed by atoms with Crippen LogP contribution in [0.5, 0.6) is 0 Å². The minimum atomic E-state index is -6.00. The maximum atomic E-state index is 9.75. The molecule has 0 N–H and O–H groups in total. The van der Waals surface area contributed by atoms with Gasteiger partial charge < -0.3 is 104 Å². The Morgan fingerprint density at radius 3 is 0.900 bits per heavy atom. The lowest BCUT2D eigenvalue weighted by atomic mass is 10.3. The Balaban J connectivity index is -0.000000185. The molecule has 1 aromatic carbocycles. The van der Waals surface area contributed by atoms with Crippen molar-refractivity contribution >= 4 is 62.5 Å². The zero-order valence-electron chi connectivity index (χ0n) is 25.4. The fourth-order valence-electron chi connectivity index (χ4n) is 2.30. The van der Waals surface area contributed by atoms with Gasteiger partial charge in [-0.2, -0.15) is 4.62 Å². The van der Waals surface area contributed by atoms with Gasteiger partial charge in [0, 0.05) is 42.3 Å². The molecule has 0 spiro atoms. The van der Waals surface area contributed by atoms with Crippen LogP contribution in [0, 0.1) is 0 Å². The molecule has 0 amide bonds. The molecule has 0 atom stereocenters. The number of rotatable bonds is 5. The van der Waals surface area contributed by atoms with E-state index < -0.39 is 51.5 Å². The standard InChI is InChI=1S/C12H22N6OP.6BF4/c1-15(2)20(16(3)4,17(5)6)19-18-12-10-8-7-9-11(12)13-14-18;6*2-1(3,4)5/h7-10H,1-6H3;;;;;;/q+1;6*-1. The number of aromatic nitrogens is 3.